The molecule has 0 atom stereocenters. The summed E-state index contributed by atoms with van der Waals surface area (Å²) in [5, 5.41) is 8.71. The van der Waals surface area contributed by atoms with Crippen molar-refractivity contribution in [3.63, 3.8) is 0 Å². The maximum atomic E-state index is 12.5. The molecule has 1 saturated heterocycles. The van der Waals surface area contributed by atoms with Gasteiger partial charge >= 0.3 is 0 Å². The van der Waals surface area contributed by atoms with Crippen LogP contribution in [0.2, 0.25) is 0 Å². The number of hydrogen-bond donors (Lipinski definition) is 2. The van der Waals surface area contributed by atoms with Gasteiger partial charge in [-0.1, -0.05) is 6.07 Å². The molecule has 1 aromatic carbocycles. The number of nitrogens with zero attached hydrogens (tertiary/aromatic N) is 2. The highest BCUT2D eigenvalue weighted by atomic mass is 16.5. The van der Waals surface area contributed by atoms with Gasteiger partial charge in [0, 0.05) is 30.8 Å². The van der Waals surface area contributed by atoms with Crippen LogP contribution in [0, 0.1) is 0 Å². The summed E-state index contributed by atoms with van der Waals surface area (Å²) in [6.45, 7) is 4.55. The number of morpholine rings is 1. The number of ether oxygens (including phenoxy) is 2. The van der Waals surface area contributed by atoms with E-state index in [-0.39, 0.29) is 5.91 Å². The Kier molecular flexibility index (Phi) is 5.29. The lowest BCUT2D eigenvalue weighted by atomic mass is 10.1. The molecule has 2 aliphatic rings. The average Bonchev–Trinajstić information content (AvgIpc) is 2.83. The van der Waals surface area contributed by atoms with Crippen molar-refractivity contribution in [3.8, 4) is 5.75 Å². The van der Waals surface area contributed by atoms with Crippen molar-refractivity contribution < 1.29 is 24.3 Å². The molecule has 0 aliphatic carbocycles. The third-order valence-electron chi connectivity index (χ3n) is 4.23. The molecule has 0 radical (unpaired) electrons. The number of carbonyl (C=O) groups excluding carboxylic acids is 2. The number of hydrogen-bond acceptors (Lipinski definition) is 6. The number of amides is 2. The Hall–Kier alpha value is -2.16. The minimum Gasteiger partial charge on any atom is -0.491 e. The SMILES string of the molecule is O=C(NO)c1ccc2c(c1)OCCN(C(=O)CN1CCOCC1)C2. The van der Waals surface area contributed by atoms with E-state index in [1.165, 1.54) is 0 Å². The van der Waals surface area contributed by atoms with Crippen molar-refractivity contribution in [1.29, 1.82) is 0 Å². The van der Waals surface area contributed by atoms with Crippen LogP contribution in [0.15, 0.2) is 18.2 Å². The van der Waals surface area contributed by atoms with Gasteiger partial charge in [0.2, 0.25) is 5.91 Å². The van der Waals surface area contributed by atoms with Crippen LogP contribution in [-0.4, -0.2) is 72.8 Å². The van der Waals surface area contributed by atoms with Gasteiger partial charge in [0.15, 0.2) is 0 Å². The van der Waals surface area contributed by atoms with E-state index in [0.717, 1.165) is 18.7 Å². The number of rotatable bonds is 3. The third-order valence-corrected chi connectivity index (χ3v) is 4.23. The molecular formula is C16H21N3O5. The van der Waals surface area contributed by atoms with Crippen molar-refractivity contribution in [1.82, 2.24) is 15.3 Å². The molecule has 8 heteroatoms. The summed E-state index contributed by atoms with van der Waals surface area (Å²) in [6.07, 6.45) is 0. The Morgan fingerprint density at radius 2 is 1.96 bits per heavy atom. The fourth-order valence-electron chi connectivity index (χ4n) is 2.84. The monoisotopic (exact) mass is 335 g/mol. The summed E-state index contributed by atoms with van der Waals surface area (Å²) in [5.74, 6) is 0.0363. The fourth-order valence-corrected chi connectivity index (χ4v) is 2.84. The van der Waals surface area contributed by atoms with E-state index in [1.807, 2.05) is 0 Å². The molecule has 0 unspecified atom stereocenters. The van der Waals surface area contributed by atoms with Crippen LogP contribution in [0.1, 0.15) is 15.9 Å². The van der Waals surface area contributed by atoms with Gasteiger partial charge in [0.25, 0.3) is 5.91 Å². The van der Waals surface area contributed by atoms with Crippen LogP contribution < -0.4 is 10.2 Å². The molecule has 0 saturated carbocycles. The Morgan fingerprint density at radius 3 is 2.71 bits per heavy atom. The zero-order valence-corrected chi connectivity index (χ0v) is 13.4. The number of carbonyl (C=O) groups is 2. The van der Waals surface area contributed by atoms with Gasteiger partial charge in [-0.25, -0.2) is 5.48 Å². The second-order valence-corrected chi connectivity index (χ2v) is 5.82. The van der Waals surface area contributed by atoms with E-state index in [1.54, 1.807) is 28.6 Å². The maximum absolute atomic E-state index is 12.5. The van der Waals surface area contributed by atoms with Gasteiger partial charge in [0.1, 0.15) is 12.4 Å². The molecule has 3 rings (SSSR count). The van der Waals surface area contributed by atoms with Crippen molar-refractivity contribution >= 4 is 11.8 Å². The van der Waals surface area contributed by atoms with Crippen molar-refractivity contribution in [3.05, 3.63) is 29.3 Å². The second-order valence-electron chi connectivity index (χ2n) is 5.82. The van der Waals surface area contributed by atoms with Gasteiger partial charge in [0.05, 0.1) is 26.3 Å². The smallest absolute Gasteiger partial charge is 0.274 e. The Balaban J connectivity index is 1.67. The fraction of sp³-hybridized carbons (Fsp3) is 0.500. The van der Waals surface area contributed by atoms with Crippen molar-refractivity contribution in [2.45, 2.75) is 6.54 Å². The van der Waals surface area contributed by atoms with E-state index in [4.69, 9.17) is 14.7 Å². The summed E-state index contributed by atoms with van der Waals surface area (Å²) in [4.78, 5) is 27.9. The van der Waals surface area contributed by atoms with E-state index in [2.05, 4.69) is 4.90 Å². The minimum absolute atomic E-state index is 0.0607. The zero-order chi connectivity index (χ0) is 16.9. The van der Waals surface area contributed by atoms with Gasteiger partial charge in [-0.15, -0.1) is 0 Å². The minimum atomic E-state index is -0.592. The molecule has 2 aliphatic heterocycles. The highest BCUT2D eigenvalue weighted by molar-refractivity contribution is 5.93. The molecule has 1 fully saturated rings. The maximum Gasteiger partial charge on any atom is 0.274 e. The highest BCUT2D eigenvalue weighted by Crippen LogP contribution is 2.24. The highest BCUT2D eigenvalue weighted by Gasteiger charge is 2.23. The van der Waals surface area contributed by atoms with Crippen LogP contribution >= 0.6 is 0 Å². The molecule has 8 nitrogen and oxygen atoms in total. The lowest BCUT2D eigenvalue weighted by Crippen LogP contribution is -2.45. The van der Waals surface area contributed by atoms with Crippen LogP contribution in [0.25, 0.3) is 0 Å². The molecule has 2 N–H and O–H groups in total. The number of nitrogens with one attached hydrogen (secondary N) is 1. The molecule has 2 amide bonds. The predicted molar refractivity (Wildman–Crippen MR) is 83.9 cm³/mol. The van der Waals surface area contributed by atoms with E-state index < -0.39 is 5.91 Å². The lowest BCUT2D eigenvalue weighted by Gasteiger charge is -2.28. The number of benzene rings is 1. The summed E-state index contributed by atoms with van der Waals surface area (Å²) >= 11 is 0. The van der Waals surface area contributed by atoms with Crippen LogP contribution in [-0.2, 0) is 16.1 Å². The number of hydroxylamine groups is 1. The lowest BCUT2D eigenvalue weighted by molar-refractivity contribution is -0.134. The average molecular weight is 335 g/mol. The third kappa shape index (κ3) is 3.84. The summed E-state index contributed by atoms with van der Waals surface area (Å²) < 4.78 is 11.0. The summed E-state index contributed by atoms with van der Waals surface area (Å²) in [6, 6.07) is 4.93. The zero-order valence-electron chi connectivity index (χ0n) is 13.4. The van der Waals surface area contributed by atoms with E-state index >= 15 is 0 Å². The van der Waals surface area contributed by atoms with Gasteiger partial charge in [-0.05, 0) is 12.1 Å². The molecule has 1 aromatic rings. The second kappa shape index (κ2) is 7.61. The molecular weight excluding hydrogens is 314 g/mol. The molecule has 2 heterocycles. The molecule has 0 spiro atoms. The van der Waals surface area contributed by atoms with Crippen molar-refractivity contribution in [2.24, 2.45) is 0 Å². The quantitative estimate of drug-likeness (QED) is 0.590. The Bertz CT molecular complexity index is 616. The topological polar surface area (TPSA) is 91.3 Å². The van der Waals surface area contributed by atoms with E-state index in [0.29, 0.717) is 50.8 Å². The standard InChI is InChI=1S/C16H21N3O5/c20-15(11-18-3-6-23-7-4-18)19-5-8-24-14-9-12(16(21)17-22)1-2-13(14)10-19/h1-2,9,22H,3-8,10-11H2,(H,17,21). The van der Waals surface area contributed by atoms with Gasteiger partial charge in [-0.2, -0.15) is 0 Å². The first kappa shape index (κ1) is 16.7. The van der Waals surface area contributed by atoms with Gasteiger partial charge in [-0.3, -0.25) is 19.7 Å². The number of fused-ring (bicyclic) bond motifs is 1. The molecule has 24 heavy (non-hydrogen) atoms. The van der Waals surface area contributed by atoms with Crippen LogP contribution in [0.3, 0.4) is 0 Å². The first-order valence-corrected chi connectivity index (χ1v) is 7.95. The summed E-state index contributed by atoms with van der Waals surface area (Å²) in [7, 11) is 0. The Morgan fingerprint density at radius 1 is 1.17 bits per heavy atom. The first-order chi connectivity index (χ1) is 11.7. The first-order valence-electron chi connectivity index (χ1n) is 7.95. The van der Waals surface area contributed by atoms with Crippen LogP contribution in [0.5, 0.6) is 5.75 Å². The predicted octanol–water partition coefficient (Wildman–Crippen LogP) is -0.141. The van der Waals surface area contributed by atoms with E-state index in [9.17, 15) is 9.59 Å². The van der Waals surface area contributed by atoms with Crippen molar-refractivity contribution in [2.75, 3.05) is 46.0 Å². The molecule has 0 aromatic heterocycles. The largest absolute Gasteiger partial charge is 0.491 e. The summed E-state index contributed by atoms with van der Waals surface area (Å²) in [5.41, 5.74) is 2.76. The normalized spacial score (nSPS) is 18.3. The molecule has 130 valence electrons. The molecule has 0 bridgehead atoms. The van der Waals surface area contributed by atoms with Crippen LogP contribution in [0.4, 0.5) is 0 Å². The Labute approximate surface area is 139 Å². The van der Waals surface area contributed by atoms with Gasteiger partial charge < -0.3 is 14.4 Å².